The molecule has 2 rings (SSSR count). The summed E-state index contributed by atoms with van der Waals surface area (Å²) in [6.45, 7) is -0.0308. The van der Waals surface area contributed by atoms with Crippen LogP contribution in [0.2, 0.25) is 5.02 Å². The number of carboxylic acids is 1. The fourth-order valence-corrected chi connectivity index (χ4v) is 2.68. The summed E-state index contributed by atoms with van der Waals surface area (Å²) < 4.78 is 5.17. The van der Waals surface area contributed by atoms with Gasteiger partial charge in [0, 0.05) is 11.2 Å². The van der Waals surface area contributed by atoms with Crippen LogP contribution in [0.4, 0.5) is 5.69 Å². The quantitative estimate of drug-likeness (QED) is 0.576. The number of carbonyl (C=O) groups excluding carboxylic acids is 1. The summed E-state index contributed by atoms with van der Waals surface area (Å²) in [6, 6.07) is 7.91. The van der Waals surface area contributed by atoms with E-state index in [1.165, 1.54) is 25.4 Å². The molecule has 1 aromatic heterocycles. The molecule has 1 heterocycles. The van der Waals surface area contributed by atoms with Gasteiger partial charge in [0.15, 0.2) is 0 Å². The third-order valence-corrected chi connectivity index (χ3v) is 3.92. The first kappa shape index (κ1) is 21.4. The maximum atomic E-state index is 12.0. The Morgan fingerprint density at radius 3 is 2.79 bits per heavy atom. The number of methoxy groups -OCH3 is 1. The van der Waals surface area contributed by atoms with Crippen LogP contribution in [0.5, 0.6) is 5.75 Å². The number of aromatic nitrogens is 1. The third kappa shape index (κ3) is 6.03. The van der Waals surface area contributed by atoms with Gasteiger partial charge in [0.1, 0.15) is 10.8 Å². The predicted octanol–water partition coefficient (Wildman–Crippen LogP) is 2.52. The molecule has 9 heteroatoms. The van der Waals surface area contributed by atoms with Crippen LogP contribution in [0.15, 0.2) is 41.6 Å². The van der Waals surface area contributed by atoms with E-state index >= 15 is 0 Å². The fraction of sp³-hybridized carbons (Fsp3) is 0.133. The predicted molar refractivity (Wildman–Crippen MR) is 95.7 cm³/mol. The molecule has 0 spiro atoms. The number of carboxylic acid groups (broad SMARTS) is 1. The third-order valence-electron chi connectivity index (χ3n) is 2.80. The van der Waals surface area contributed by atoms with Gasteiger partial charge in [-0.1, -0.05) is 11.6 Å². The van der Waals surface area contributed by atoms with Crippen molar-refractivity contribution in [2.45, 2.75) is 5.03 Å². The number of halogens is 1. The number of benzene rings is 1. The number of thioether (sulfide) groups is 1. The minimum atomic E-state index is -1.13. The van der Waals surface area contributed by atoms with E-state index < -0.39 is 5.97 Å². The van der Waals surface area contributed by atoms with E-state index in [2.05, 4.69) is 10.3 Å². The van der Waals surface area contributed by atoms with Crippen molar-refractivity contribution in [1.82, 2.24) is 4.98 Å². The normalized spacial score (nSPS) is 9.75. The Bertz CT molecular complexity index is 745. The number of anilines is 1. The van der Waals surface area contributed by atoms with Gasteiger partial charge >= 0.3 is 57.4 Å². The Balaban J connectivity index is 0.00000288. The molecular weight excluding hydrogens is 379 g/mol. The van der Waals surface area contributed by atoms with Crippen molar-refractivity contribution in [1.29, 1.82) is 0 Å². The standard InChI is InChI=1S/C15H13ClN2O4S.K.H/c1-22-12-5-4-9(16)7-11(12)18-8-13(19)23-14-10(15(20)21)3-2-6-17-14;;/h2-7,18H,8H2,1H3,(H,20,21);;. The van der Waals surface area contributed by atoms with Crippen LogP contribution in [0.1, 0.15) is 10.4 Å². The summed E-state index contributed by atoms with van der Waals surface area (Å²) in [7, 11) is 1.51. The second kappa shape index (κ2) is 10.4. The fourth-order valence-electron chi connectivity index (χ4n) is 1.76. The van der Waals surface area contributed by atoms with Crippen molar-refractivity contribution in [3.8, 4) is 5.75 Å². The van der Waals surface area contributed by atoms with Crippen molar-refractivity contribution >= 4 is 91.5 Å². The molecule has 0 saturated heterocycles. The Hall–Kier alpha value is -0.614. The summed E-state index contributed by atoms with van der Waals surface area (Å²) in [5.41, 5.74) is 0.569. The van der Waals surface area contributed by atoms with E-state index in [1.807, 2.05) is 0 Å². The number of pyridine rings is 1. The molecule has 1 aromatic carbocycles. The first-order chi connectivity index (χ1) is 11.0. The molecule has 0 fully saturated rings. The van der Waals surface area contributed by atoms with Gasteiger partial charge in [0.05, 0.1) is 24.9 Å². The average Bonchev–Trinajstić information content (AvgIpc) is 2.53. The van der Waals surface area contributed by atoms with Crippen LogP contribution in [0.25, 0.3) is 0 Å². The molecular formula is C15H14ClKN2O4S. The number of carbonyl (C=O) groups is 2. The van der Waals surface area contributed by atoms with Crippen molar-refractivity contribution in [3.05, 3.63) is 47.1 Å². The van der Waals surface area contributed by atoms with Crippen LogP contribution in [0, 0.1) is 0 Å². The summed E-state index contributed by atoms with van der Waals surface area (Å²) in [4.78, 5) is 27.1. The maximum absolute atomic E-state index is 12.0. The van der Waals surface area contributed by atoms with Gasteiger partial charge in [-0.15, -0.1) is 0 Å². The molecule has 0 atom stereocenters. The molecule has 0 aliphatic carbocycles. The molecule has 0 amide bonds. The Morgan fingerprint density at radius 2 is 2.12 bits per heavy atom. The van der Waals surface area contributed by atoms with Crippen LogP contribution >= 0.6 is 23.4 Å². The number of nitrogens with one attached hydrogen (secondary N) is 1. The number of aromatic carboxylic acids is 1. The van der Waals surface area contributed by atoms with Gasteiger partial charge in [-0.25, -0.2) is 9.78 Å². The zero-order valence-corrected chi connectivity index (χ0v) is 13.6. The van der Waals surface area contributed by atoms with Gasteiger partial charge < -0.3 is 15.2 Å². The van der Waals surface area contributed by atoms with Gasteiger partial charge in [-0.3, -0.25) is 4.79 Å². The van der Waals surface area contributed by atoms with Gasteiger partial charge in [-0.2, -0.15) is 0 Å². The zero-order chi connectivity index (χ0) is 16.8. The van der Waals surface area contributed by atoms with Crippen LogP contribution < -0.4 is 10.1 Å². The molecule has 0 bridgehead atoms. The van der Waals surface area contributed by atoms with E-state index in [0.717, 1.165) is 11.8 Å². The Morgan fingerprint density at radius 1 is 1.38 bits per heavy atom. The van der Waals surface area contributed by atoms with E-state index in [4.69, 9.17) is 21.4 Å². The number of hydrogen-bond donors (Lipinski definition) is 2. The Kier molecular flexibility index (Phi) is 9.28. The summed E-state index contributed by atoms with van der Waals surface area (Å²) in [5, 5.41) is 12.4. The molecule has 0 saturated carbocycles. The molecule has 0 unspecified atom stereocenters. The topological polar surface area (TPSA) is 88.5 Å². The van der Waals surface area contributed by atoms with Crippen LogP contribution in [-0.4, -0.2) is 86.2 Å². The van der Waals surface area contributed by atoms with Gasteiger partial charge in [-0.05, 0) is 42.1 Å². The number of nitrogens with zero attached hydrogens (tertiary/aromatic N) is 1. The SMILES string of the molecule is COc1ccc(Cl)cc1NCC(=O)Sc1ncccc1C(=O)O.[KH]. The molecule has 2 aromatic rings. The molecule has 0 aliphatic rings. The van der Waals surface area contributed by atoms with Crippen molar-refractivity contribution in [3.63, 3.8) is 0 Å². The number of ether oxygens (including phenoxy) is 1. The summed E-state index contributed by atoms with van der Waals surface area (Å²) >= 11 is 6.68. The van der Waals surface area contributed by atoms with Crippen molar-refractivity contribution in [2.24, 2.45) is 0 Å². The van der Waals surface area contributed by atoms with Crippen LogP contribution in [-0.2, 0) is 4.79 Å². The molecule has 0 aliphatic heterocycles. The van der Waals surface area contributed by atoms with Gasteiger partial charge in [0.25, 0.3) is 0 Å². The van der Waals surface area contributed by atoms with E-state index in [-0.39, 0.29) is 73.6 Å². The molecule has 0 radical (unpaired) electrons. The molecule has 6 nitrogen and oxygen atoms in total. The number of rotatable bonds is 6. The minimum absolute atomic E-state index is 0. The van der Waals surface area contributed by atoms with E-state index in [9.17, 15) is 9.59 Å². The summed E-state index contributed by atoms with van der Waals surface area (Å²) in [5.74, 6) is -0.575. The van der Waals surface area contributed by atoms with Crippen molar-refractivity contribution in [2.75, 3.05) is 19.0 Å². The first-order valence-corrected chi connectivity index (χ1v) is 7.67. The first-order valence-electron chi connectivity index (χ1n) is 6.47. The average molecular weight is 393 g/mol. The van der Waals surface area contributed by atoms with E-state index in [1.54, 1.807) is 18.2 Å². The number of hydrogen-bond acceptors (Lipinski definition) is 6. The van der Waals surface area contributed by atoms with Crippen molar-refractivity contribution < 1.29 is 19.4 Å². The monoisotopic (exact) mass is 392 g/mol. The van der Waals surface area contributed by atoms with Crippen LogP contribution in [0.3, 0.4) is 0 Å². The second-order valence-electron chi connectivity index (χ2n) is 4.33. The molecule has 122 valence electrons. The summed E-state index contributed by atoms with van der Waals surface area (Å²) in [6.07, 6.45) is 1.44. The molecule has 2 N–H and O–H groups in total. The second-order valence-corrected chi connectivity index (χ2v) is 5.82. The van der Waals surface area contributed by atoms with E-state index in [0.29, 0.717) is 16.5 Å². The molecule has 24 heavy (non-hydrogen) atoms. The zero-order valence-electron chi connectivity index (χ0n) is 12.1. The van der Waals surface area contributed by atoms with Gasteiger partial charge in [0.2, 0.25) is 5.12 Å². The Labute approximate surface area is 190 Å².